The molecule has 1 aromatic carbocycles. The summed E-state index contributed by atoms with van der Waals surface area (Å²) in [5.41, 5.74) is 7.58. The second-order valence-electron chi connectivity index (χ2n) is 4.44. The van der Waals surface area contributed by atoms with Gasteiger partial charge in [-0.3, -0.25) is 9.59 Å². The highest BCUT2D eigenvalue weighted by Gasteiger charge is 2.15. The third-order valence-corrected chi connectivity index (χ3v) is 2.78. The Morgan fingerprint density at radius 1 is 1.40 bits per heavy atom. The van der Waals surface area contributed by atoms with Gasteiger partial charge in [0.05, 0.1) is 6.61 Å². The first-order valence-corrected chi connectivity index (χ1v) is 6.43. The van der Waals surface area contributed by atoms with Crippen molar-refractivity contribution in [1.82, 2.24) is 5.32 Å². The lowest BCUT2D eigenvalue weighted by atomic mass is 10.1. The monoisotopic (exact) mass is 279 g/mol. The number of anilines is 1. The minimum absolute atomic E-state index is 0.140. The number of carbonyl (C=O) groups is 2. The van der Waals surface area contributed by atoms with E-state index in [9.17, 15) is 9.59 Å². The zero-order chi connectivity index (χ0) is 15.1. The van der Waals surface area contributed by atoms with Crippen molar-refractivity contribution in [1.29, 1.82) is 0 Å². The van der Waals surface area contributed by atoms with Crippen molar-refractivity contribution < 1.29 is 14.3 Å². The zero-order valence-corrected chi connectivity index (χ0v) is 12.0. The van der Waals surface area contributed by atoms with Crippen LogP contribution in [0.5, 0.6) is 0 Å². The predicted molar refractivity (Wildman–Crippen MR) is 77.7 cm³/mol. The van der Waals surface area contributed by atoms with Gasteiger partial charge in [0.2, 0.25) is 5.91 Å². The van der Waals surface area contributed by atoms with Gasteiger partial charge >= 0.3 is 0 Å². The van der Waals surface area contributed by atoms with Crippen molar-refractivity contribution in [2.75, 3.05) is 25.6 Å². The van der Waals surface area contributed by atoms with Gasteiger partial charge in [-0.1, -0.05) is 6.07 Å². The molecule has 4 N–H and O–H groups in total. The summed E-state index contributed by atoms with van der Waals surface area (Å²) >= 11 is 0. The fourth-order valence-corrected chi connectivity index (χ4v) is 1.64. The van der Waals surface area contributed by atoms with E-state index in [2.05, 4.69) is 10.6 Å². The number of aryl methyl sites for hydroxylation is 1. The summed E-state index contributed by atoms with van der Waals surface area (Å²) < 4.78 is 4.84. The minimum Gasteiger partial charge on any atom is -0.383 e. The van der Waals surface area contributed by atoms with Gasteiger partial charge in [-0.2, -0.15) is 0 Å². The highest BCUT2D eigenvalue weighted by Crippen LogP contribution is 2.17. The number of amides is 2. The molecule has 1 atom stereocenters. The lowest BCUT2D eigenvalue weighted by molar-refractivity contribution is -0.118. The molecule has 0 spiro atoms. The van der Waals surface area contributed by atoms with Crippen LogP contribution in [0.4, 0.5) is 5.69 Å². The number of benzene rings is 1. The summed E-state index contributed by atoms with van der Waals surface area (Å²) in [5.74, 6) is -0.521. The first-order chi connectivity index (χ1) is 9.49. The van der Waals surface area contributed by atoms with Gasteiger partial charge in [0.1, 0.15) is 6.04 Å². The SMILES string of the molecule is CCNC(=O)c1ccc(C)c(NC(=O)C(N)COC)c1. The summed E-state index contributed by atoms with van der Waals surface area (Å²) in [4.78, 5) is 23.6. The van der Waals surface area contributed by atoms with E-state index < -0.39 is 6.04 Å². The Kier molecular flexibility index (Phi) is 6.14. The molecule has 1 aromatic rings. The van der Waals surface area contributed by atoms with E-state index in [4.69, 9.17) is 10.5 Å². The molecule has 6 nitrogen and oxygen atoms in total. The third-order valence-electron chi connectivity index (χ3n) is 2.78. The smallest absolute Gasteiger partial charge is 0.251 e. The number of rotatable bonds is 6. The van der Waals surface area contributed by atoms with Crippen LogP contribution in [-0.4, -0.2) is 38.1 Å². The second kappa shape index (κ2) is 7.62. The summed E-state index contributed by atoms with van der Waals surface area (Å²) in [5, 5.41) is 5.42. The number of hydrogen-bond acceptors (Lipinski definition) is 4. The Labute approximate surface area is 118 Å². The van der Waals surface area contributed by atoms with E-state index in [1.54, 1.807) is 18.2 Å². The maximum absolute atomic E-state index is 11.8. The Morgan fingerprint density at radius 3 is 2.70 bits per heavy atom. The molecule has 0 aliphatic carbocycles. The van der Waals surface area contributed by atoms with Gasteiger partial charge < -0.3 is 21.1 Å². The number of hydrogen-bond donors (Lipinski definition) is 3. The van der Waals surface area contributed by atoms with Crippen LogP contribution in [0.2, 0.25) is 0 Å². The molecular weight excluding hydrogens is 258 g/mol. The molecule has 1 unspecified atom stereocenters. The number of nitrogens with one attached hydrogen (secondary N) is 2. The van der Waals surface area contributed by atoms with Crippen molar-refractivity contribution in [3.63, 3.8) is 0 Å². The molecule has 0 aliphatic rings. The van der Waals surface area contributed by atoms with Crippen molar-refractivity contribution in [2.45, 2.75) is 19.9 Å². The van der Waals surface area contributed by atoms with Gasteiger partial charge in [-0.15, -0.1) is 0 Å². The first-order valence-electron chi connectivity index (χ1n) is 6.43. The fourth-order valence-electron chi connectivity index (χ4n) is 1.64. The van der Waals surface area contributed by atoms with Crippen LogP contribution in [0.3, 0.4) is 0 Å². The molecule has 0 aromatic heterocycles. The molecule has 0 heterocycles. The molecule has 0 saturated carbocycles. The molecule has 0 radical (unpaired) electrons. The van der Waals surface area contributed by atoms with E-state index >= 15 is 0 Å². The predicted octanol–water partition coefficient (Wildman–Crippen LogP) is 0.657. The van der Waals surface area contributed by atoms with Gasteiger partial charge in [-0.05, 0) is 31.5 Å². The number of carbonyl (C=O) groups excluding carboxylic acids is 2. The molecule has 0 aliphatic heterocycles. The molecule has 1 rings (SSSR count). The Morgan fingerprint density at radius 2 is 2.10 bits per heavy atom. The maximum Gasteiger partial charge on any atom is 0.251 e. The highest BCUT2D eigenvalue weighted by atomic mass is 16.5. The van der Waals surface area contributed by atoms with Crippen LogP contribution in [-0.2, 0) is 9.53 Å². The number of methoxy groups -OCH3 is 1. The summed E-state index contributed by atoms with van der Waals surface area (Å²) in [7, 11) is 1.48. The largest absolute Gasteiger partial charge is 0.383 e. The summed E-state index contributed by atoms with van der Waals surface area (Å²) in [6, 6.07) is 4.39. The van der Waals surface area contributed by atoms with Crippen LogP contribution in [0.25, 0.3) is 0 Å². The third kappa shape index (κ3) is 4.32. The topological polar surface area (TPSA) is 93.5 Å². The normalized spacial score (nSPS) is 11.8. The second-order valence-corrected chi connectivity index (χ2v) is 4.44. The van der Waals surface area contributed by atoms with E-state index in [-0.39, 0.29) is 18.4 Å². The van der Waals surface area contributed by atoms with E-state index in [1.165, 1.54) is 7.11 Å². The van der Waals surface area contributed by atoms with Gasteiger partial charge in [0.15, 0.2) is 0 Å². The van der Waals surface area contributed by atoms with Crippen LogP contribution in [0.1, 0.15) is 22.8 Å². The van der Waals surface area contributed by atoms with E-state index in [1.807, 2.05) is 13.8 Å². The lowest BCUT2D eigenvalue weighted by Crippen LogP contribution is -2.39. The van der Waals surface area contributed by atoms with Gasteiger partial charge in [0, 0.05) is 24.9 Å². The highest BCUT2D eigenvalue weighted by molar-refractivity contribution is 5.99. The molecule has 0 fully saturated rings. The number of ether oxygens (including phenoxy) is 1. The molecule has 6 heteroatoms. The molecule has 2 amide bonds. The van der Waals surface area contributed by atoms with Gasteiger partial charge in [0.25, 0.3) is 5.91 Å². The van der Waals surface area contributed by atoms with Crippen molar-refractivity contribution >= 4 is 17.5 Å². The first kappa shape index (κ1) is 16.1. The summed E-state index contributed by atoms with van der Waals surface area (Å²) in [6.07, 6.45) is 0. The molecule has 0 saturated heterocycles. The standard InChI is InChI=1S/C14H21N3O3/c1-4-16-13(18)10-6-5-9(2)12(7-10)17-14(19)11(15)8-20-3/h5-7,11H,4,8,15H2,1-3H3,(H,16,18)(H,17,19). The number of nitrogens with two attached hydrogens (primary N) is 1. The molecule has 20 heavy (non-hydrogen) atoms. The summed E-state index contributed by atoms with van der Waals surface area (Å²) in [6.45, 7) is 4.38. The van der Waals surface area contributed by atoms with Gasteiger partial charge in [-0.25, -0.2) is 0 Å². The van der Waals surface area contributed by atoms with Crippen molar-refractivity contribution in [3.8, 4) is 0 Å². The van der Waals surface area contributed by atoms with E-state index in [0.29, 0.717) is 17.8 Å². The van der Waals surface area contributed by atoms with Crippen LogP contribution in [0.15, 0.2) is 18.2 Å². The Balaban J connectivity index is 2.86. The van der Waals surface area contributed by atoms with E-state index in [0.717, 1.165) is 5.56 Å². The maximum atomic E-state index is 11.8. The Bertz CT molecular complexity index is 489. The zero-order valence-electron chi connectivity index (χ0n) is 12.0. The van der Waals surface area contributed by atoms with Crippen LogP contribution in [0, 0.1) is 6.92 Å². The minimum atomic E-state index is -0.743. The van der Waals surface area contributed by atoms with Crippen molar-refractivity contribution in [3.05, 3.63) is 29.3 Å². The molecular formula is C14H21N3O3. The quantitative estimate of drug-likeness (QED) is 0.713. The Hall–Kier alpha value is -1.92. The van der Waals surface area contributed by atoms with Crippen LogP contribution < -0.4 is 16.4 Å². The average Bonchev–Trinajstić information content (AvgIpc) is 2.41. The lowest BCUT2D eigenvalue weighted by Gasteiger charge is -2.14. The average molecular weight is 279 g/mol. The van der Waals surface area contributed by atoms with Crippen molar-refractivity contribution in [2.24, 2.45) is 5.73 Å². The van der Waals surface area contributed by atoms with Crippen LogP contribution >= 0.6 is 0 Å². The molecule has 0 bridgehead atoms. The fraction of sp³-hybridized carbons (Fsp3) is 0.429. The molecule has 110 valence electrons.